The molecule has 0 aromatic heterocycles. The van der Waals surface area contributed by atoms with E-state index >= 15 is 0 Å². The first kappa shape index (κ1) is 34.8. The number of benzene rings is 2. The third kappa shape index (κ3) is 8.38. The van der Waals surface area contributed by atoms with Crippen LogP contribution in [0.2, 0.25) is 0 Å². The predicted molar refractivity (Wildman–Crippen MR) is 170 cm³/mol. The highest BCUT2D eigenvalue weighted by molar-refractivity contribution is 7.81. The largest absolute Gasteiger partial charge is 0.484 e. The van der Waals surface area contributed by atoms with Crippen LogP contribution in [-0.2, 0) is 41.0 Å². The number of hydrogen-bond donors (Lipinski definition) is 1. The van der Waals surface area contributed by atoms with E-state index in [0.717, 1.165) is 17.7 Å². The van der Waals surface area contributed by atoms with Crippen molar-refractivity contribution in [3.05, 3.63) is 82.4 Å². The van der Waals surface area contributed by atoms with Crippen LogP contribution in [0.3, 0.4) is 0 Å². The molecule has 2 aromatic rings. The number of carbonyl (C=O) groups is 3. The molecule has 1 aliphatic heterocycles. The lowest BCUT2D eigenvalue weighted by Gasteiger charge is -2.49. The Balaban J connectivity index is 1.53. The van der Waals surface area contributed by atoms with Gasteiger partial charge >= 0.3 is 5.97 Å². The minimum absolute atomic E-state index is 0.110. The maximum absolute atomic E-state index is 14.0. The first-order valence-corrected chi connectivity index (χ1v) is 16.4. The summed E-state index contributed by atoms with van der Waals surface area (Å²) in [4.78, 5) is 51.4. The van der Waals surface area contributed by atoms with Crippen molar-refractivity contribution in [1.29, 1.82) is 0 Å². The summed E-state index contributed by atoms with van der Waals surface area (Å²) in [5.41, 5.74) is 0.640. The smallest absolute Gasteiger partial charge is 0.333 e. The molecule has 1 aliphatic carbocycles. The van der Waals surface area contributed by atoms with Crippen LogP contribution < -0.4 is 10.1 Å². The number of likely N-dealkylation sites (tertiary alicyclic amines) is 1. The molecule has 13 heteroatoms. The van der Waals surface area contributed by atoms with Gasteiger partial charge < -0.3 is 19.7 Å². The Morgan fingerprint density at radius 2 is 1.80 bits per heavy atom. The lowest BCUT2D eigenvalue weighted by molar-refractivity contribution is -0.384. The number of nitrogens with zero attached hydrogens (tertiary/aromatic N) is 2. The number of non-ortho nitro benzene ring substituents is 1. The van der Waals surface area contributed by atoms with Gasteiger partial charge in [0, 0.05) is 12.1 Å². The van der Waals surface area contributed by atoms with Gasteiger partial charge in [-0.15, -0.1) is 0 Å². The summed E-state index contributed by atoms with van der Waals surface area (Å²) in [5.74, 6) is -0.830. The Hall–Kier alpha value is -4.10. The summed E-state index contributed by atoms with van der Waals surface area (Å²) in [6, 6.07) is 11.6. The number of esters is 1. The van der Waals surface area contributed by atoms with E-state index in [0.29, 0.717) is 23.7 Å². The molecule has 248 valence electrons. The van der Waals surface area contributed by atoms with E-state index in [-0.39, 0.29) is 42.4 Å². The number of rotatable bonds is 14. The van der Waals surface area contributed by atoms with Crippen LogP contribution in [0.25, 0.3) is 0 Å². The maximum Gasteiger partial charge on any atom is 0.333 e. The van der Waals surface area contributed by atoms with Crippen LogP contribution in [-0.4, -0.2) is 62.0 Å². The Labute approximate surface area is 271 Å². The van der Waals surface area contributed by atoms with Crippen molar-refractivity contribution in [2.75, 3.05) is 6.61 Å². The quantitative estimate of drug-likeness (QED) is 0.102. The second-order valence-electron chi connectivity index (χ2n) is 12.3. The van der Waals surface area contributed by atoms with Crippen LogP contribution in [0, 0.1) is 27.9 Å². The Morgan fingerprint density at radius 3 is 2.41 bits per heavy atom. The zero-order chi connectivity index (χ0) is 33.5. The fourth-order valence-electron chi connectivity index (χ4n) is 5.88. The number of β-lactam (4-membered cyclic amide) rings is 1. The van der Waals surface area contributed by atoms with Crippen molar-refractivity contribution in [1.82, 2.24) is 10.2 Å². The first-order valence-electron chi connectivity index (χ1n) is 15.3. The van der Waals surface area contributed by atoms with E-state index in [1.165, 1.54) is 24.3 Å². The van der Waals surface area contributed by atoms with Crippen molar-refractivity contribution in [2.24, 2.45) is 17.8 Å². The SMILES string of the molecule is C=C(C)C(C(=O)OCc1ccc([N+](=O)[O-])cc1)N1C(=O)C(NC(=O)COc2ccccc2)C1S(=O)OC1CC(C)CCC1C(C)C. The second-order valence-corrected chi connectivity index (χ2v) is 13.5. The molecule has 0 radical (unpaired) electrons. The van der Waals surface area contributed by atoms with Gasteiger partial charge in [0.1, 0.15) is 18.4 Å². The van der Waals surface area contributed by atoms with E-state index in [9.17, 15) is 28.7 Å². The fourth-order valence-corrected chi connectivity index (χ4v) is 7.28. The molecule has 2 aromatic carbocycles. The lowest BCUT2D eigenvalue weighted by Crippen LogP contribution is -2.75. The standard InChI is InChI=1S/C33H41N3O9S/c1-20(2)26-16-11-22(5)17-27(26)45-46(42)32-29(34-28(37)19-43-25-9-7-6-8-10-25)31(38)35(32)30(21(3)4)33(39)44-18-23-12-14-24(15-13-23)36(40)41/h6-10,12-15,20,22,26-27,29-30,32H,3,11,16-19H2,1-2,4-5H3,(H,34,37). The van der Waals surface area contributed by atoms with Crippen molar-refractivity contribution in [2.45, 2.75) is 77.1 Å². The van der Waals surface area contributed by atoms with Gasteiger partial charge in [-0.3, -0.25) is 23.9 Å². The molecule has 1 N–H and O–H groups in total. The summed E-state index contributed by atoms with van der Waals surface area (Å²) < 4.78 is 31.2. The molecular weight excluding hydrogens is 614 g/mol. The number of hydrogen-bond acceptors (Lipinski definition) is 9. The molecule has 7 atom stereocenters. The molecule has 1 saturated carbocycles. The van der Waals surface area contributed by atoms with E-state index in [1.54, 1.807) is 37.3 Å². The van der Waals surface area contributed by atoms with Crippen LogP contribution in [0.1, 0.15) is 52.5 Å². The molecule has 7 unspecified atom stereocenters. The number of para-hydroxylation sites is 1. The lowest BCUT2D eigenvalue weighted by atomic mass is 9.75. The zero-order valence-electron chi connectivity index (χ0n) is 26.5. The molecule has 2 amide bonds. The van der Waals surface area contributed by atoms with Gasteiger partial charge in [0.25, 0.3) is 17.5 Å². The van der Waals surface area contributed by atoms with Crippen molar-refractivity contribution < 1.29 is 37.2 Å². The van der Waals surface area contributed by atoms with Gasteiger partial charge in [-0.05, 0) is 72.9 Å². The molecule has 2 aliphatic rings. The second kappa shape index (κ2) is 15.5. The van der Waals surface area contributed by atoms with Crippen LogP contribution >= 0.6 is 0 Å². The van der Waals surface area contributed by atoms with Gasteiger partial charge in [0.2, 0.25) is 0 Å². The predicted octanol–water partition coefficient (Wildman–Crippen LogP) is 4.46. The van der Waals surface area contributed by atoms with E-state index in [1.807, 2.05) is 0 Å². The number of nitro groups is 1. The summed E-state index contributed by atoms with van der Waals surface area (Å²) in [6.07, 6.45) is 2.30. The molecular formula is C33H41N3O9S. The van der Waals surface area contributed by atoms with Crippen molar-refractivity contribution in [3.8, 4) is 5.75 Å². The molecule has 1 saturated heterocycles. The van der Waals surface area contributed by atoms with Gasteiger partial charge in [0.15, 0.2) is 29.1 Å². The number of nitrogens with one attached hydrogen (secondary N) is 1. The molecule has 0 spiro atoms. The molecule has 1 heterocycles. The van der Waals surface area contributed by atoms with E-state index < -0.39 is 51.2 Å². The van der Waals surface area contributed by atoms with E-state index in [4.69, 9.17) is 13.7 Å². The fraction of sp³-hybridized carbons (Fsp3) is 0.485. The molecule has 0 bridgehead atoms. The molecule has 4 rings (SSSR count). The van der Waals surface area contributed by atoms with Gasteiger partial charge in [-0.25, -0.2) is 9.00 Å². The summed E-state index contributed by atoms with van der Waals surface area (Å²) in [7, 11) is 0. The monoisotopic (exact) mass is 655 g/mol. The molecule has 12 nitrogen and oxygen atoms in total. The number of amides is 2. The van der Waals surface area contributed by atoms with Crippen molar-refractivity contribution in [3.63, 3.8) is 0 Å². The van der Waals surface area contributed by atoms with Crippen LogP contribution in [0.4, 0.5) is 5.69 Å². The molecule has 46 heavy (non-hydrogen) atoms. The summed E-state index contributed by atoms with van der Waals surface area (Å²) in [6.45, 7) is 11.1. The highest BCUT2D eigenvalue weighted by atomic mass is 32.2. The topological polar surface area (TPSA) is 154 Å². The normalized spacial score (nSPS) is 24.0. The summed E-state index contributed by atoms with van der Waals surface area (Å²) >= 11 is -2.13. The molecule has 2 fully saturated rings. The average molecular weight is 656 g/mol. The number of carbonyl (C=O) groups excluding carboxylic acids is 3. The Bertz CT molecular complexity index is 1450. The van der Waals surface area contributed by atoms with Crippen LogP contribution in [0.5, 0.6) is 5.75 Å². The Kier molecular flexibility index (Phi) is 11.7. The third-order valence-corrected chi connectivity index (χ3v) is 9.71. The number of nitro benzene ring substituents is 1. The number of ether oxygens (including phenoxy) is 2. The minimum Gasteiger partial charge on any atom is -0.484 e. The highest BCUT2D eigenvalue weighted by Crippen LogP contribution is 2.38. The van der Waals surface area contributed by atoms with Gasteiger partial charge in [-0.1, -0.05) is 52.0 Å². The van der Waals surface area contributed by atoms with E-state index in [2.05, 4.69) is 32.7 Å². The average Bonchev–Trinajstić information content (AvgIpc) is 3.02. The Morgan fingerprint density at radius 1 is 1.13 bits per heavy atom. The van der Waals surface area contributed by atoms with Gasteiger partial charge in [0.05, 0.1) is 11.0 Å². The highest BCUT2D eigenvalue weighted by Gasteiger charge is 2.57. The first-order chi connectivity index (χ1) is 21.9. The minimum atomic E-state index is -2.13. The van der Waals surface area contributed by atoms with Gasteiger partial charge in [-0.2, -0.15) is 0 Å². The van der Waals surface area contributed by atoms with Crippen LogP contribution in [0.15, 0.2) is 66.7 Å². The van der Waals surface area contributed by atoms with Crippen molar-refractivity contribution >= 4 is 34.6 Å². The maximum atomic E-state index is 14.0. The summed E-state index contributed by atoms with van der Waals surface area (Å²) in [5, 5.41) is 12.4. The third-order valence-electron chi connectivity index (χ3n) is 8.38. The zero-order valence-corrected chi connectivity index (χ0v) is 27.3.